The SMILES string of the molecule is O=C(O)c1ccc2nc(CN3CCN(c4ccc5cnn(Cc6ccccc6)c5n4)CC3)n(CC3CCO3)c2c1. The van der Waals surface area contributed by atoms with Crippen molar-refractivity contribution in [2.24, 2.45) is 0 Å². The Morgan fingerprint density at radius 3 is 2.55 bits per heavy atom. The first-order chi connectivity index (χ1) is 19.6. The van der Waals surface area contributed by atoms with Gasteiger partial charge in [-0.15, -0.1) is 0 Å². The van der Waals surface area contributed by atoms with Gasteiger partial charge in [-0.2, -0.15) is 5.10 Å². The summed E-state index contributed by atoms with van der Waals surface area (Å²) in [6.45, 7) is 6.35. The van der Waals surface area contributed by atoms with Gasteiger partial charge in [0, 0.05) is 38.2 Å². The molecule has 10 nitrogen and oxygen atoms in total. The van der Waals surface area contributed by atoms with E-state index in [1.54, 1.807) is 12.1 Å². The van der Waals surface area contributed by atoms with Crippen LogP contribution in [0, 0.1) is 0 Å². The maximum atomic E-state index is 11.6. The van der Waals surface area contributed by atoms with Crippen molar-refractivity contribution < 1.29 is 14.6 Å². The van der Waals surface area contributed by atoms with Gasteiger partial charge in [-0.3, -0.25) is 4.90 Å². The van der Waals surface area contributed by atoms with Crippen LogP contribution in [-0.4, -0.2) is 79.2 Å². The number of fused-ring (bicyclic) bond motifs is 2. The predicted octanol–water partition coefficient (Wildman–Crippen LogP) is 3.64. The van der Waals surface area contributed by atoms with Crippen LogP contribution in [0.4, 0.5) is 5.82 Å². The molecule has 0 saturated carbocycles. The Kier molecular flexibility index (Phi) is 6.41. The fourth-order valence-corrected chi connectivity index (χ4v) is 5.59. The van der Waals surface area contributed by atoms with Crippen molar-refractivity contribution in [1.29, 1.82) is 0 Å². The van der Waals surface area contributed by atoms with E-state index in [9.17, 15) is 9.90 Å². The molecule has 2 aliphatic rings. The summed E-state index contributed by atoms with van der Waals surface area (Å²) in [6.07, 6.45) is 3.04. The van der Waals surface area contributed by atoms with Gasteiger partial charge in [-0.1, -0.05) is 30.3 Å². The molecule has 3 aromatic heterocycles. The number of piperazine rings is 1. The molecule has 2 aromatic carbocycles. The second-order valence-electron chi connectivity index (χ2n) is 10.6. The summed E-state index contributed by atoms with van der Waals surface area (Å²) in [5.41, 5.74) is 4.05. The summed E-state index contributed by atoms with van der Waals surface area (Å²) in [6, 6.07) is 19.7. The summed E-state index contributed by atoms with van der Waals surface area (Å²) in [7, 11) is 0. The summed E-state index contributed by atoms with van der Waals surface area (Å²) in [5.74, 6) is 0.991. The second kappa shape index (κ2) is 10.4. The van der Waals surface area contributed by atoms with Crippen molar-refractivity contribution in [3.05, 3.63) is 83.8 Å². The zero-order valence-electron chi connectivity index (χ0n) is 22.2. The van der Waals surface area contributed by atoms with E-state index in [-0.39, 0.29) is 11.7 Å². The molecule has 2 saturated heterocycles. The number of carboxylic acids is 1. The molecule has 1 atom stereocenters. The number of ether oxygens (including phenoxy) is 1. The zero-order chi connectivity index (χ0) is 27.1. The third-order valence-electron chi connectivity index (χ3n) is 7.96. The number of pyridine rings is 1. The molecule has 5 heterocycles. The number of aromatic nitrogens is 5. The molecule has 1 unspecified atom stereocenters. The highest BCUT2D eigenvalue weighted by molar-refractivity contribution is 5.92. The number of carbonyl (C=O) groups is 1. The standard InChI is InChI=1S/C30H31N7O3/c38-30(39)22-6-8-25-26(16-22)36(19-24-10-15-40-24)28(32-25)20-34-11-13-35(14-12-34)27-9-7-23-17-31-37(29(23)33-27)18-21-4-2-1-3-5-21/h1-9,16-17,24H,10-15,18-20H2,(H,38,39). The Balaban J connectivity index is 1.07. The second-order valence-corrected chi connectivity index (χ2v) is 10.6. The van der Waals surface area contributed by atoms with Crippen molar-refractivity contribution in [1.82, 2.24) is 29.2 Å². The minimum atomic E-state index is -0.929. The normalized spacial score (nSPS) is 17.9. The molecule has 10 heteroatoms. The van der Waals surface area contributed by atoms with Gasteiger partial charge in [-0.05, 0) is 42.3 Å². The number of rotatable bonds is 8. The van der Waals surface area contributed by atoms with Gasteiger partial charge in [0.2, 0.25) is 0 Å². The fraction of sp³-hybridized carbons (Fsp3) is 0.333. The third-order valence-corrected chi connectivity index (χ3v) is 7.96. The minimum Gasteiger partial charge on any atom is -0.478 e. The Morgan fingerprint density at radius 2 is 1.80 bits per heavy atom. The minimum absolute atomic E-state index is 0.151. The van der Waals surface area contributed by atoms with Crippen LogP contribution >= 0.6 is 0 Å². The van der Waals surface area contributed by atoms with Crippen LogP contribution in [0.25, 0.3) is 22.1 Å². The lowest BCUT2D eigenvalue weighted by atomic mass is 10.1. The Bertz CT molecular complexity index is 1670. The van der Waals surface area contributed by atoms with Crippen molar-refractivity contribution in [2.75, 3.05) is 37.7 Å². The summed E-state index contributed by atoms with van der Waals surface area (Å²) in [5, 5.41) is 15.1. The Labute approximate surface area is 231 Å². The lowest BCUT2D eigenvalue weighted by molar-refractivity contribution is -0.0592. The molecule has 204 valence electrons. The summed E-state index contributed by atoms with van der Waals surface area (Å²) in [4.78, 5) is 26.3. The van der Waals surface area contributed by atoms with Crippen LogP contribution in [0.2, 0.25) is 0 Å². The van der Waals surface area contributed by atoms with Crippen LogP contribution in [0.3, 0.4) is 0 Å². The van der Waals surface area contributed by atoms with Crippen LogP contribution in [0.5, 0.6) is 0 Å². The number of aromatic carboxylic acids is 1. The highest BCUT2D eigenvalue weighted by Crippen LogP contribution is 2.25. The maximum Gasteiger partial charge on any atom is 0.335 e. The number of hydrogen-bond acceptors (Lipinski definition) is 7. The van der Waals surface area contributed by atoms with Crippen LogP contribution < -0.4 is 4.90 Å². The van der Waals surface area contributed by atoms with Crippen LogP contribution in [0.1, 0.15) is 28.2 Å². The highest BCUT2D eigenvalue weighted by atomic mass is 16.5. The van der Waals surface area contributed by atoms with Crippen LogP contribution in [0.15, 0.2) is 66.9 Å². The monoisotopic (exact) mass is 537 g/mol. The van der Waals surface area contributed by atoms with Crippen molar-refractivity contribution in [3.63, 3.8) is 0 Å². The first-order valence-corrected chi connectivity index (χ1v) is 13.8. The fourth-order valence-electron chi connectivity index (χ4n) is 5.59. The maximum absolute atomic E-state index is 11.6. The molecule has 0 spiro atoms. The van der Waals surface area contributed by atoms with E-state index in [1.165, 1.54) is 5.56 Å². The average molecular weight is 538 g/mol. The summed E-state index contributed by atoms with van der Waals surface area (Å²) < 4.78 is 9.83. The van der Waals surface area contributed by atoms with E-state index in [1.807, 2.05) is 35.1 Å². The molecule has 5 aromatic rings. The number of imidazole rings is 1. The molecular weight excluding hydrogens is 506 g/mol. The van der Waals surface area contributed by atoms with E-state index < -0.39 is 5.97 Å². The molecule has 0 aliphatic carbocycles. The molecule has 2 fully saturated rings. The number of benzene rings is 2. The van der Waals surface area contributed by atoms with E-state index in [4.69, 9.17) is 14.7 Å². The van der Waals surface area contributed by atoms with Crippen molar-refractivity contribution in [3.8, 4) is 0 Å². The molecule has 0 radical (unpaired) electrons. The first-order valence-electron chi connectivity index (χ1n) is 13.8. The van der Waals surface area contributed by atoms with E-state index in [2.05, 4.69) is 43.7 Å². The van der Waals surface area contributed by atoms with Crippen molar-refractivity contribution >= 4 is 33.9 Å². The molecule has 7 rings (SSSR count). The van der Waals surface area contributed by atoms with Gasteiger partial charge in [0.25, 0.3) is 0 Å². The zero-order valence-corrected chi connectivity index (χ0v) is 22.2. The average Bonchev–Trinajstić information content (AvgIpc) is 3.51. The molecule has 2 aliphatic heterocycles. The molecular formula is C30H31N7O3. The molecule has 0 bridgehead atoms. The Hall–Kier alpha value is -4.28. The number of anilines is 1. The molecule has 1 N–H and O–H groups in total. The van der Waals surface area contributed by atoms with Gasteiger partial charge in [0.1, 0.15) is 11.6 Å². The lowest BCUT2D eigenvalue weighted by Gasteiger charge is -2.35. The van der Waals surface area contributed by atoms with Gasteiger partial charge in [-0.25, -0.2) is 19.4 Å². The third kappa shape index (κ3) is 4.80. The molecule has 0 amide bonds. The van der Waals surface area contributed by atoms with E-state index >= 15 is 0 Å². The van der Waals surface area contributed by atoms with Crippen LogP contribution in [-0.2, 0) is 24.4 Å². The lowest BCUT2D eigenvalue weighted by Crippen LogP contribution is -2.46. The largest absolute Gasteiger partial charge is 0.478 e. The van der Waals surface area contributed by atoms with Gasteiger partial charge in [0.15, 0.2) is 5.65 Å². The highest BCUT2D eigenvalue weighted by Gasteiger charge is 2.25. The van der Waals surface area contributed by atoms with E-state index in [0.29, 0.717) is 19.6 Å². The Morgan fingerprint density at radius 1 is 0.975 bits per heavy atom. The summed E-state index contributed by atoms with van der Waals surface area (Å²) >= 11 is 0. The number of carboxylic acid groups (broad SMARTS) is 1. The van der Waals surface area contributed by atoms with Gasteiger partial charge in [0.05, 0.1) is 48.5 Å². The topological polar surface area (TPSA) is 102 Å². The molecule has 40 heavy (non-hydrogen) atoms. The van der Waals surface area contributed by atoms with Gasteiger partial charge >= 0.3 is 5.97 Å². The number of hydrogen-bond donors (Lipinski definition) is 1. The predicted molar refractivity (Wildman–Crippen MR) is 152 cm³/mol. The van der Waals surface area contributed by atoms with Crippen molar-refractivity contribution in [2.45, 2.75) is 32.2 Å². The van der Waals surface area contributed by atoms with E-state index in [0.717, 1.165) is 72.9 Å². The van der Waals surface area contributed by atoms with Gasteiger partial charge < -0.3 is 19.3 Å². The quantitative estimate of drug-likeness (QED) is 0.320. The smallest absolute Gasteiger partial charge is 0.335 e. The first kappa shape index (κ1) is 24.7. The number of nitrogens with zero attached hydrogens (tertiary/aromatic N) is 7.